The molecule has 0 saturated carbocycles. The molecule has 220 valence electrons. The average molecular weight is 659 g/mol. The summed E-state index contributed by atoms with van der Waals surface area (Å²) >= 11 is 9.36. The zero-order chi connectivity index (χ0) is 29.9. The van der Waals surface area contributed by atoms with E-state index in [-0.39, 0.29) is 22.8 Å². The molecule has 0 radical (unpaired) electrons. The number of piperidine rings is 1. The second-order valence-electron chi connectivity index (χ2n) is 11.4. The highest BCUT2D eigenvalue weighted by molar-refractivity contribution is 9.10. The molecule has 3 aromatic rings. The summed E-state index contributed by atoms with van der Waals surface area (Å²) < 4.78 is 48.0. The van der Waals surface area contributed by atoms with Gasteiger partial charge in [-0.2, -0.15) is 22.8 Å². The Morgan fingerprint density at radius 3 is 2.44 bits per heavy atom. The van der Waals surface area contributed by atoms with Crippen molar-refractivity contribution in [3.63, 3.8) is 0 Å². The fourth-order valence-corrected chi connectivity index (χ4v) is 6.30. The van der Waals surface area contributed by atoms with Gasteiger partial charge in [0.25, 0.3) is 5.56 Å². The molecule has 1 aromatic carbocycles. The van der Waals surface area contributed by atoms with Crippen molar-refractivity contribution >= 4 is 50.9 Å². The molecule has 0 bridgehead atoms. The van der Waals surface area contributed by atoms with Crippen LogP contribution in [0.2, 0.25) is 5.02 Å². The molecular formula is C27H28BrClF3N5O4. The minimum Gasteiger partial charge on any atom is -0.444 e. The van der Waals surface area contributed by atoms with Gasteiger partial charge in [-0.25, -0.2) is 4.79 Å². The summed E-state index contributed by atoms with van der Waals surface area (Å²) in [6.45, 7) is 6.04. The number of rotatable bonds is 3. The molecule has 1 saturated heterocycles. The lowest BCUT2D eigenvalue weighted by Gasteiger charge is -2.39. The molecule has 1 N–H and O–H groups in total. The van der Waals surface area contributed by atoms with E-state index >= 15 is 0 Å². The monoisotopic (exact) mass is 657 g/mol. The third-order valence-corrected chi connectivity index (χ3v) is 8.27. The van der Waals surface area contributed by atoms with Gasteiger partial charge in [0, 0.05) is 35.8 Å². The highest BCUT2D eigenvalue weighted by Gasteiger charge is 2.46. The first-order chi connectivity index (χ1) is 19.1. The van der Waals surface area contributed by atoms with Gasteiger partial charge in [0.05, 0.1) is 16.3 Å². The third kappa shape index (κ3) is 5.70. The predicted octanol–water partition coefficient (Wildman–Crippen LogP) is 5.78. The SMILES string of the molecule is CC(C)(C)OC(=O)N1CCC2(CCc3c2c(=O)n2nc(Br)cc2n3CC(=O)Nc2ccc(C(F)(F)F)cc2Cl)CC1. The van der Waals surface area contributed by atoms with Crippen LogP contribution < -0.4 is 10.9 Å². The number of halogens is 5. The first-order valence-electron chi connectivity index (χ1n) is 13.0. The number of carbonyl (C=O) groups excluding carboxylic acids is 2. The fourth-order valence-electron chi connectivity index (χ4n) is 5.71. The summed E-state index contributed by atoms with van der Waals surface area (Å²) in [4.78, 5) is 41.2. The van der Waals surface area contributed by atoms with Crippen molar-refractivity contribution in [2.45, 2.75) is 70.2 Å². The van der Waals surface area contributed by atoms with Gasteiger partial charge in [0.1, 0.15) is 22.4 Å². The first-order valence-corrected chi connectivity index (χ1v) is 14.2. The minimum absolute atomic E-state index is 0.0408. The molecule has 2 aliphatic rings. The van der Waals surface area contributed by atoms with E-state index < -0.39 is 34.8 Å². The van der Waals surface area contributed by atoms with Crippen LogP contribution in [-0.4, -0.2) is 49.8 Å². The highest BCUT2D eigenvalue weighted by Crippen LogP contribution is 2.45. The van der Waals surface area contributed by atoms with E-state index in [1.165, 1.54) is 4.52 Å². The number of hydrogen-bond acceptors (Lipinski definition) is 5. The van der Waals surface area contributed by atoms with Gasteiger partial charge in [0.2, 0.25) is 5.91 Å². The summed E-state index contributed by atoms with van der Waals surface area (Å²) in [6.07, 6.45) is -2.66. The molecule has 0 unspecified atom stereocenters. The average Bonchev–Trinajstić information content (AvgIpc) is 3.43. The Kier molecular flexibility index (Phi) is 7.42. The van der Waals surface area contributed by atoms with E-state index in [2.05, 4.69) is 26.3 Å². The number of anilines is 1. The van der Waals surface area contributed by atoms with Crippen LogP contribution in [0.4, 0.5) is 23.7 Å². The molecule has 41 heavy (non-hydrogen) atoms. The Bertz CT molecular complexity index is 1600. The number of nitrogens with one attached hydrogen (secondary N) is 1. The van der Waals surface area contributed by atoms with Crippen LogP contribution in [0.15, 0.2) is 33.7 Å². The van der Waals surface area contributed by atoms with Gasteiger partial charge in [0.15, 0.2) is 0 Å². The van der Waals surface area contributed by atoms with Crippen LogP contribution in [0.5, 0.6) is 0 Å². The molecule has 1 aliphatic carbocycles. The number of alkyl halides is 3. The molecule has 5 rings (SSSR count). The number of aromatic nitrogens is 3. The van der Waals surface area contributed by atoms with Crippen LogP contribution in [0.1, 0.15) is 56.9 Å². The smallest absolute Gasteiger partial charge is 0.416 e. The van der Waals surface area contributed by atoms with Crippen molar-refractivity contribution in [1.29, 1.82) is 0 Å². The summed E-state index contributed by atoms with van der Waals surface area (Å²) in [5.41, 5.74) is -0.592. The van der Waals surface area contributed by atoms with Gasteiger partial charge in [-0.1, -0.05) is 11.6 Å². The molecule has 2 aromatic heterocycles. The van der Waals surface area contributed by atoms with Gasteiger partial charge in [-0.15, -0.1) is 0 Å². The highest BCUT2D eigenvalue weighted by atomic mass is 79.9. The Labute approximate surface area is 246 Å². The summed E-state index contributed by atoms with van der Waals surface area (Å²) in [5, 5.41) is 6.65. The largest absolute Gasteiger partial charge is 0.444 e. The maximum atomic E-state index is 13.7. The minimum atomic E-state index is -4.57. The normalized spacial score (nSPS) is 16.7. The maximum absolute atomic E-state index is 13.7. The standard InChI is InChI=1S/C27H28BrClF3N5O4/c1-25(2,3)41-24(40)35-10-8-26(9-11-35)7-6-18-22(26)23(39)37-21(13-19(28)34-37)36(18)14-20(38)33-17-5-4-15(12-16(17)29)27(30,31)32/h4-5,12-13H,6-11,14H2,1-3H3,(H,33,38). The van der Waals surface area contributed by atoms with E-state index in [4.69, 9.17) is 16.3 Å². The van der Waals surface area contributed by atoms with Crippen molar-refractivity contribution in [2.24, 2.45) is 0 Å². The number of amides is 2. The van der Waals surface area contributed by atoms with Gasteiger partial charge in [-0.05, 0) is 80.6 Å². The Morgan fingerprint density at radius 1 is 1.15 bits per heavy atom. The summed E-state index contributed by atoms with van der Waals surface area (Å²) in [6, 6.07) is 4.35. The lowest BCUT2D eigenvalue weighted by Crippen LogP contribution is -2.47. The number of likely N-dealkylation sites (tertiary alicyclic amines) is 1. The van der Waals surface area contributed by atoms with Crippen LogP contribution >= 0.6 is 27.5 Å². The zero-order valence-electron chi connectivity index (χ0n) is 22.6. The number of carbonyl (C=O) groups is 2. The van der Waals surface area contributed by atoms with Crippen molar-refractivity contribution < 1.29 is 27.5 Å². The van der Waals surface area contributed by atoms with Crippen molar-refractivity contribution in [3.05, 3.63) is 61.1 Å². The number of nitrogens with zero attached hydrogens (tertiary/aromatic N) is 4. The zero-order valence-corrected chi connectivity index (χ0v) is 24.9. The fraction of sp³-hybridized carbons (Fsp3) is 0.481. The molecule has 9 nitrogen and oxygen atoms in total. The van der Waals surface area contributed by atoms with E-state index in [1.54, 1.807) is 36.3 Å². The topological polar surface area (TPSA) is 97.9 Å². The lowest BCUT2D eigenvalue weighted by molar-refractivity contribution is -0.137. The predicted molar refractivity (Wildman–Crippen MR) is 149 cm³/mol. The van der Waals surface area contributed by atoms with Gasteiger partial charge >= 0.3 is 12.3 Å². The molecule has 0 atom stereocenters. The number of benzene rings is 1. The molecule has 14 heteroatoms. The second kappa shape index (κ2) is 10.3. The van der Waals surface area contributed by atoms with Crippen molar-refractivity contribution in [1.82, 2.24) is 19.1 Å². The Morgan fingerprint density at radius 2 is 1.83 bits per heavy atom. The molecule has 1 fully saturated rings. The number of hydrogen-bond donors (Lipinski definition) is 1. The molecule has 1 spiro atoms. The first kappa shape index (κ1) is 29.4. The van der Waals surface area contributed by atoms with Crippen LogP contribution in [0, 0.1) is 0 Å². The third-order valence-electron chi connectivity index (χ3n) is 7.57. The Hall–Kier alpha value is -3.06. The van der Waals surface area contributed by atoms with Crippen molar-refractivity contribution in [3.8, 4) is 0 Å². The molecule has 1 aliphatic heterocycles. The lowest BCUT2D eigenvalue weighted by atomic mass is 9.74. The van der Waals surface area contributed by atoms with Crippen LogP contribution in [0.25, 0.3) is 5.65 Å². The second-order valence-corrected chi connectivity index (χ2v) is 12.7. The van der Waals surface area contributed by atoms with Crippen LogP contribution in [-0.2, 0) is 34.1 Å². The maximum Gasteiger partial charge on any atom is 0.416 e. The van der Waals surface area contributed by atoms with E-state index in [0.717, 1.165) is 18.2 Å². The Balaban J connectivity index is 1.44. The van der Waals surface area contributed by atoms with E-state index in [1.807, 2.05) is 0 Å². The van der Waals surface area contributed by atoms with Crippen LogP contribution in [0.3, 0.4) is 0 Å². The molecular weight excluding hydrogens is 631 g/mol. The summed E-state index contributed by atoms with van der Waals surface area (Å²) in [7, 11) is 0. The van der Waals surface area contributed by atoms with E-state index in [9.17, 15) is 27.6 Å². The number of ether oxygens (including phenoxy) is 1. The molecule has 3 heterocycles. The van der Waals surface area contributed by atoms with Crippen molar-refractivity contribution in [2.75, 3.05) is 18.4 Å². The van der Waals surface area contributed by atoms with E-state index in [0.29, 0.717) is 60.3 Å². The quantitative estimate of drug-likeness (QED) is 0.385. The number of fused-ring (bicyclic) bond motifs is 3. The molecule has 2 amide bonds. The summed E-state index contributed by atoms with van der Waals surface area (Å²) in [5.74, 6) is -0.530. The van der Waals surface area contributed by atoms with Gasteiger partial charge < -0.3 is 19.5 Å². The van der Waals surface area contributed by atoms with Gasteiger partial charge in [-0.3, -0.25) is 9.59 Å².